The van der Waals surface area contributed by atoms with Gasteiger partial charge in [-0.3, -0.25) is 9.47 Å². The maximum atomic E-state index is 12.9. The zero-order chi connectivity index (χ0) is 19.9. The molecule has 1 aromatic heterocycles. The van der Waals surface area contributed by atoms with Gasteiger partial charge in [0.25, 0.3) is 0 Å². The van der Waals surface area contributed by atoms with Crippen molar-refractivity contribution in [3.05, 3.63) is 63.1 Å². The minimum atomic E-state index is -3.74. The number of benzene rings is 2. The lowest BCUT2D eigenvalue weighted by atomic mass is 10.3. The Morgan fingerprint density at radius 2 is 1.71 bits per heavy atom. The molecule has 10 heteroatoms. The highest BCUT2D eigenvalue weighted by Gasteiger charge is 2.30. The van der Waals surface area contributed by atoms with Crippen LogP contribution in [0.5, 0.6) is 0 Å². The highest BCUT2D eigenvalue weighted by Crippen LogP contribution is 2.28. The van der Waals surface area contributed by atoms with Gasteiger partial charge in [0.15, 0.2) is 5.58 Å². The summed E-state index contributed by atoms with van der Waals surface area (Å²) >= 11 is 12.0. The molecule has 0 atom stereocenters. The van der Waals surface area contributed by atoms with Crippen molar-refractivity contribution in [2.24, 2.45) is 0 Å². The molecule has 1 aliphatic heterocycles. The topological polar surface area (TPSA) is 75.8 Å². The van der Waals surface area contributed by atoms with E-state index in [1.54, 1.807) is 22.8 Å². The Morgan fingerprint density at radius 3 is 2.46 bits per heavy atom. The number of sulfonamides is 1. The summed E-state index contributed by atoms with van der Waals surface area (Å²) in [7, 11) is -3.74. The van der Waals surface area contributed by atoms with Gasteiger partial charge in [0.2, 0.25) is 10.0 Å². The molecule has 28 heavy (non-hydrogen) atoms. The molecule has 4 rings (SSSR count). The molecule has 0 aliphatic carbocycles. The average molecular weight is 442 g/mol. The number of hydrogen-bond acceptors (Lipinski definition) is 5. The number of aromatic nitrogens is 1. The van der Waals surface area contributed by atoms with Crippen LogP contribution in [-0.4, -0.2) is 48.4 Å². The minimum Gasteiger partial charge on any atom is -0.408 e. The fourth-order valence-corrected chi connectivity index (χ4v) is 5.43. The molecule has 1 fully saturated rings. The van der Waals surface area contributed by atoms with Gasteiger partial charge < -0.3 is 4.42 Å². The van der Waals surface area contributed by atoms with Crippen LogP contribution in [0.15, 0.2) is 56.6 Å². The first-order chi connectivity index (χ1) is 13.4. The molecule has 0 bridgehead atoms. The third-order valence-electron chi connectivity index (χ3n) is 4.76. The normalized spacial score (nSPS) is 16.6. The predicted molar refractivity (Wildman–Crippen MR) is 107 cm³/mol. The fraction of sp³-hybridized carbons (Fsp3) is 0.278. The van der Waals surface area contributed by atoms with Gasteiger partial charge in [0.05, 0.1) is 17.2 Å². The third-order valence-corrected chi connectivity index (χ3v) is 7.37. The summed E-state index contributed by atoms with van der Waals surface area (Å²) in [5, 5.41) is 0.455. The first-order valence-corrected chi connectivity index (χ1v) is 10.8. The molecule has 148 valence electrons. The first kappa shape index (κ1) is 19.5. The van der Waals surface area contributed by atoms with E-state index in [9.17, 15) is 13.2 Å². The van der Waals surface area contributed by atoms with Crippen LogP contribution in [0.25, 0.3) is 11.1 Å². The number of nitrogens with zero attached hydrogens (tertiary/aromatic N) is 3. The van der Waals surface area contributed by atoms with Gasteiger partial charge in [-0.15, -0.1) is 0 Å². The van der Waals surface area contributed by atoms with Crippen molar-refractivity contribution in [1.82, 2.24) is 13.8 Å². The van der Waals surface area contributed by atoms with Gasteiger partial charge in [-0.25, -0.2) is 13.2 Å². The highest BCUT2D eigenvalue weighted by atomic mass is 35.5. The minimum absolute atomic E-state index is 0.00663. The monoisotopic (exact) mass is 441 g/mol. The van der Waals surface area contributed by atoms with Gasteiger partial charge >= 0.3 is 5.76 Å². The van der Waals surface area contributed by atoms with Crippen LogP contribution in [0.3, 0.4) is 0 Å². The van der Waals surface area contributed by atoms with Crippen LogP contribution < -0.4 is 5.76 Å². The highest BCUT2D eigenvalue weighted by molar-refractivity contribution is 7.89. The summed E-state index contributed by atoms with van der Waals surface area (Å²) in [6.07, 6.45) is 0. The predicted octanol–water partition coefficient (Wildman–Crippen LogP) is 2.87. The van der Waals surface area contributed by atoms with Crippen molar-refractivity contribution in [2.45, 2.75) is 11.6 Å². The Labute approximate surface area is 171 Å². The number of para-hydroxylation sites is 2. The summed E-state index contributed by atoms with van der Waals surface area (Å²) in [4.78, 5) is 14.1. The van der Waals surface area contributed by atoms with E-state index < -0.39 is 15.8 Å². The van der Waals surface area contributed by atoms with Gasteiger partial charge in [0.1, 0.15) is 4.90 Å². The van der Waals surface area contributed by atoms with Crippen LogP contribution in [0.4, 0.5) is 0 Å². The van der Waals surface area contributed by atoms with Crippen LogP contribution in [0.1, 0.15) is 0 Å². The van der Waals surface area contributed by atoms with Crippen LogP contribution >= 0.6 is 23.2 Å². The molecule has 7 nitrogen and oxygen atoms in total. The van der Waals surface area contributed by atoms with Crippen molar-refractivity contribution in [3.8, 4) is 0 Å². The molecule has 0 amide bonds. The van der Waals surface area contributed by atoms with E-state index in [1.165, 1.54) is 16.4 Å². The molecule has 0 saturated carbocycles. The molecule has 1 saturated heterocycles. The zero-order valence-electron chi connectivity index (χ0n) is 14.7. The Morgan fingerprint density at radius 1 is 1.00 bits per heavy atom. The van der Waals surface area contributed by atoms with E-state index in [2.05, 4.69) is 0 Å². The molecule has 0 N–H and O–H groups in total. The second-order valence-electron chi connectivity index (χ2n) is 6.50. The van der Waals surface area contributed by atoms with E-state index >= 15 is 0 Å². The van der Waals surface area contributed by atoms with Crippen molar-refractivity contribution < 1.29 is 12.8 Å². The van der Waals surface area contributed by atoms with E-state index in [-0.39, 0.29) is 23.0 Å². The zero-order valence-corrected chi connectivity index (χ0v) is 17.0. The molecule has 2 aromatic carbocycles. The first-order valence-electron chi connectivity index (χ1n) is 8.62. The molecule has 3 aromatic rings. The molecule has 2 heterocycles. The second kappa shape index (κ2) is 7.53. The lowest BCUT2D eigenvalue weighted by Crippen LogP contribution is -2.49. The van der Waals surface area contributed by atoms with Crippen LogP contribution in [0.2, 0.25) is 10.0 Å². The van der Waals surface area contributed by atoms with Crippen LogP contribution in [-0.2, 0) is 16.7 Å². The number of oxazole rings is 1. The third kappa shape index (κ3) is 3.58. The lowest BCUT2D eigenvalue weighted by molar-refractivity contribution is 0.150. The number of rotatable bonds is 4. The van der Waals surface area contributed by atoms with E-state index in [1.807, 2.05) is 17.0 Å². The molecular formula is C18H17Cl2N3O4S. The standard InChI is InChI=1S/C18H17Cl2N3O4S/c19-13-5-6-14(20)17(11-13)28(25,26)22-9-7-21(8-10-22)12-23-15-3-1-2-4-16(15)27-18(23)24/h1-6,11H,7-10,12H2. The van der Waals surface area contributed by atoms with Gasteiger partial charge in [0, 0.05) is 31.2 Å². The van der Waals surface area contributed by atoms with Crippen LogP contribution in [0, 0.1) is 0 Å². The number of piperazine rings is 1. The lowest BCUT2D eigenvalue weighted by Gasteiger charge is -2.34. The average Bonchev–Trinajstić information content (AvgIpc) is 2.99. The van der Waals surface area contributed by atoms with Crippen molar-refractivity contribution >= 4 is 44.3 Å². The Bertz CT molecular complexity index is 1180. The smallest absolute Gasteiger partial charge is 0.408 e. The summed E-state index contributed by atoms with van der Waals surface area (Å²) in [5.41, 5.74) is 1.25. The largest absolute Gasteiger partial charge is 0.421 e. The SMILES string of the molecule is O=c1oc2ccccc2n1CN1CCN(S(=O)(=O)c2cc(Cl)ccc2Cl)CC1. The van der Waals surface area contributed by atoms with Crippen molar-refractivity contribution in [3.63, 3.8) is 0 Å². The fourth-order valence-electron chi connectivity index (χ4n) is 3.27. The molecule has 1 aliphatic rings. The number of fused-ring (bicyclic) bond motifs is 1. The quantitative estimate of drug-likeness (QED) is 0.621. The summed E-state index contributed by atoms with van der Waals surface area (Å²) in [5.74, 6) is -0.429. The molecule has 0 spiro atoms. The Hall–Kier alpha value is -1.84. The van der Waals surface area contributed by atoms with E-state index in [0.29, 0.717) is 35.9 Å². The van der Waals surface area contributed by atoms with Gasteiger partial charge in [-0.1, -0.05) is 35.3 Å². The van der Waals surface area contributed by atoms with E-state index in [4.69, 9.17) is 27.6 Å². The molecule has 0 radical (unpaired) electrons. The van der Waals surface area contributed by atoms with Gasteiger partial charge in [-0.2, -0.15) is 4.31 Å². The van der Waals surface area contributed by atoms with Gasteiger partial charge in [-0.05, 0) is 30.3 Å². The number of halogens is 2. The number of hydrogen-bond donors (Lipinski definition) is 0. The van der Waals surface area contributed by atoms with E-state index in [0.717, 1.165) is 0 Å². The summed E-state index contributed by atoms with van der Waals surface area (Å²) < 4.78 is 34.0. The summed E-state index contributed by atoms with van der Waals surface area (Å²) in [6, 6.07) is 11.6. The molecular weight excluding hydrogens is 425 g/mol. The Kier molecular flexibility index (Phi) is 5.24. The second-order valence-corrected chi connectivity index (χ2v) is 9.25. The van der Waals surface area contributed by atoms with Crippen molar-refractivity contribution in [1.29, 1.82) is 0 Å². The molecule has 0 unspecified atom stereocenters. The summed E-state index contributed by atoms with van der Waals surface area (Å²) in [6.45, 7) is 1.86. The maximum absolute atomic E-state index is 12.9. The Balaban J connectivity index is 1.49. The van der Waals surface area contributed by atoms with Crippen molar-refractivity contribution in [2.75, 3.05) is 26.2 Å². The maximum Gasteiger partial charge on any atom is 0.421 e.